The first kappa shape index (κ1) is 19.3. The molecular weight excluding hydrogens is 374 g/mol. The van der Waals surface area contributed by atoms with Crippen LogP contribution in [0, 0.1) is 13.8 Å². The third-order valence-corrected chi connectivity index (χ3v) is 4.90. The minimum absolute atomic E-state index is 0.132. The van der Waals surface area contributed by atoms with Crippen LogP contribution in [0.15, 0.2) is 84.9 Å². The highest BCUT2D eigenvalue weighted by atomic mass is 16.2. The lowest BCUT2D eigenvalue weighted by Gasteiger charge is -2.07. The second-order valence-corrected chi connectivity index (χ2v) is 7.07. The second-order valence-electron chi connectivity index (χ2n) is 7.07. The monoisotopic (exact) mass is 395 g/mol. The van der Waals surface area contributed by atoms with Crippen molar-refractivity contribution in [1.29, 1.82) is 0 Å². The van der Waals surface area contributed by atoms with E-state index in [1.54, 1.807) is 48.0 Å². The highest BCUT2D eigenvalue weighted by Crippen LogP contribution is 2.23. The number of nitrogens with zero attached hydrogens (tertiary/aromatic N) is 2. The number of carbonyl (C=O) groups is 2. The fourth-order valence-corrected chi connectivity index (χ4v) is 3.31. The Bertz CT molecular complexity index is 1190. The van der Waals surface area contributed by atoms with Crippen LogP contribution in [0.2, 0.25) is 0 Å². The molecule has 30 heavy (non-hydrogen) atoms. The van der Waals surface area contributed by atoms with Crippen LogP contribution in [0.25, 0.3) is 5.69 Å². The van der Waals surface area contributed by atoms with Crippen molar-refractivity contribution in [2.75, 3.05) is 5.32 Å². The molecule has 3 aromatic carbocycles. The second kappa shape index (κ2) is 8.17. The van der Waals surface area contributed by atoms with Crippen LogP contribution in [0.5, 0.6) is 0 Å². The Morgan fingerprint density at radius 2 is 1.40 bits per heavy atom. The van der Waals surface area contributed by atoms with Crippen LogP contribution in [0.1, 0.15) is 37.7 Å². The summed E-state index contributed by atoms with van der Waals surface area (Å²) in [6.45, 7) is 3.80. The molecule has 1 N–H and O–H groups in total. The van der Waals surface area contributed by atoms with Gasteiger partial charge < -0.3 is 5.32 Å². The highest BCUT2D eigenvalue weighted by Gasteiger charge is 2.27. The molecule has 1 aromatic heterocycles. The third kappa shape index (κ3) is 3.78. The van der Waals surface area contributed by atoms with Crippen molar-refractivity contribution in [3.05, 3.63) is 113 Å². The summed E-state index contributed by atoms with van der Waals surface area (Å²) in [6.07, 6.45) is 0. The number of amides is 1. The summed E-state index contributed by atoms with van der Waals surface area (Å²) in [6, 6.07) is 25.8. The molecule has 0 aliphatic rings. The third-order valence-electron chi connectivity index (χ3n) is 4.90. The minimum Gasteiger partial charge on any atom is -0.322 e. The van der Waals surface area contributed by atoms with Crippen molar-refractivity contribution in [1.82, 2.24) is 9.78 Å². The molecule has 0 aliphatic carbocycles. The Balaban J connectivity index is 1.82. The number of anilines is 1. The number of para-hydroxylation sites is 1. The van der Waals surface area contributed by atoms with Crippen LogP contribution >= 0.6 is 0 Å². The summed E-state index contributed by atoms with van der Waals surface area (Å²) >= 11 is 0. The number of hydrogen-bond acceptors (Lipinski definition) is 3. The van der Waals surface area contributed by atoms with Gasteiger partial charge in [-0.2, -0.15) is 5.10 Å². The largest absolute Gasteiger partial charge is 0.322 e. The molecule has 148 valence electrons. The number of aromatic nitrogens is 2. The number of hydrogen-bond donors (Lipinski definition) is 1. The summed E-state index contributed by atoms with van der Waals surface area (Å²) in [5.74, 6) is -0.654. The predicted octanol–water partition coefficient (Wildman–Crippen LogP) is 4.97. The fraction of sp³-hybridized carbons (Fsp3) is 0.0800. The average Bonchev–Trinajstić information content (AvgIpc) is 3.12. The van der Waals surface area contributed by atoms with E-state index in [2.05, 4.69) is 10.4 Å². The zero-order valence-electron chi connectivity index (χ0n) is 16.8. The van der Waals surface area contributed by atoms with Gasteiger partial charge in [0.25, 0.3) is 5.91 Å². The quantitative estimate of drug-likeness (QED) is 0.485. The van der Waals surface area contributed by atoms with Gasteiger partial charge in [-0.25, -0.2) is 4.68 Å². The molecule has 0 radical (unpaired) electrons. The molecule has 0 unspecified atom stereocenters. The number of benzene rings is 3. The minimum atomic E-state index is -0.364. The summed E-state index contributed by atoms with van der Waals surface area (Å²) in [7, 11) is 0. The fourth-order valence-electron chi connectivity index (χ4n) is 3.31. The van der Waals surface area contributed by atoms with E-state index in [0.717, 1.165) is 11.3 Å². The molecule has 0 fully saturated rings. The molecule has 0 bridgehead atoms. The van der Waals surface area contributed by atoms with Gasteiger partial charge in [-0.1, -0.05) is 66.2 Å². The molecule has 0 atom stereocenters. The molecular formula is C25H21N3O2. The maximum absolute atomic E-state index is 13.2. The Labute approximate surface area is 175 Å². The van der Waals surface area contributed by atoms with Crippen LogP contribution in [-0.4, -0.2) is 21.5 Å². The van der Waals surface area contributed by atoms with E-state index in [9.17, 15) is 9.59 Å². The molecule has 0 saturated carbocycles. The van der Waals surface area contributed by atoms with Crippen molar-refractivity contribution < 1.29 is 9.59 Å². The number of carbonyl (C=O) groups excluding carboxylic acids is 2. The van der Waals surface area contributed by atoms with Crippen molar-refractivity contribution in [3.8, 4) is 5.69 Å². The van der Waals surface area contributed by atoms with Crippen LogP contribution in [0.4, 0.5) is 5.69 Å². The first-order valence-electron chi connectivity index (χ1n) is 9.67. The number of aryl methyl sites for hydroxylation is 1. The number of rotatable bonds is 5. The first-order chi connectivity index (χ1) is 14.5. The summed E-state index contributed by atoms with van der Waals surface area (Å²) in [4.78, 5) is 26.4. The Morgan fingerprint density at radius 3 is 2.03 bits per heavy atom. The van der Waals surface area contributed by atoms with Gasteiger partial charge in [0, 0.05) is 11.3 Å². The SMILES string of the molecule is Cc1ccc(-n2nc(C(=O)c3ccccc3)c(C(=O)Nc3ccccc3)c2C)cc1. The maximum Gasteiger partial charge on any atom is 0.259 e. The molecule has 5 heteroatoms. The summed E-state index contributed by atoms with van der Waals surface area (Å²) in [5, 5.41) is 7.43. The van der Waals surface area contributed by atoms with Gasteiger partial charge in [-0.05, 0) is 38.1 Å². The maximum atomic E-state index is 13.2. The van der Waals surface area contributed by atoms with Gasteiger partial charge in [0.15, 0.2) is 0 Å². The molecule has 1 amide bonds. The standard InChI is InChI=1S/C25H21N3O2/c1-17-13-15-21(16-14-17)28-18(2)22(25(30)26-20-11-7-4-8-12-20)23(27-28)24(29)19-9-5-3-6-10-19/h3-16H,1-2H3,(H,26,30). The van der Waals surface area contributed by atoms with Gasteiger partial charge >= 0.3 is 0 Å². The lowest BCUT2D eigenvalue weighted by Crippen LogP contribution is -2.17. The Kier molecular flexibility index (Phi) is 5.26. The van der Waals surface area contributed by atoms with Crippen molar-refractivity contribution in [3.63, 3.8) is 0 Å². The Morgan fingerprint density at radius 1 is 0.800 bits per heavy atom. The highest BCUT2D eigenvalue weighted by molar-refractivity contribution is 6.17. The van der Waals surface area contributed by atoms with E-state index < -0.39 is 0 Å². The zero-order chi connectivity index (χ0) is 21.1. The average molecular weight is 395 g/mol. The molecule has 4 rings (SSSR count). The van der Waals surface area contributed by atoms with Gasteiger partial charge in [0.1, 0.15) is 5.69 Å². The van der Waals surface area contributed by atoms with Gasteiger partial charge in [0.2, 0.25) is 5.78 Å². The molecule has 0 saturated heterocycles. The van der Waals surface area contributed by atoms with Gasteiger partial charge in [0.05, 0.1) is 16.9 Å². The van der Waals surface area contributed by atoms with E-state index in [1.807, 2.05) is 55.5 Å². The smallest absolute Gasteiger partial charge is 0.259 e. The van der Waals surface area contributed by atoms with E-state index in [0.29, 0.717) is 16.9 Å². The molecule has 5 nitrogen and oxygen atoms in total. The van der Waals surface area contributed by atoms with Crippen LogP contribution in [0.3, 0.4) is 0 Å². The van der Waals surface area contributed by atoms with Crippen molar-refractivity contribution in [2.24, 2.45) is 0 Å². The summed E-state index contributed by atoms with van der Waals surface area (Å²) in [5.41, 5.74) is 4.06. The van der Waals surface area contributed by atoms with Crippen molar-refractivity contribution in [2.45, 2.75) is 13.8 Å². The summed E-state index contributed by atoms with van der Waals surface area (Å²) < 4.78 is 1.65. The lowest BCUT2D eigenvalue weighted by molar-refractivity contribution is 0.0994. The Hall–Kier alpha value is -3.99. The zero-order valence-corrected chi connectivity index (χ0v) is 16.8. The van der Waals surface area contributed by atoms with E-state index in [4.69, 9.17) is 0 Å². The van der Waals surface area contributed by atoms with E-state index in [-0.39, 0.29) is 22.9 Å². The number of nitrogens with one attached hydrogen (secondary N) is 1. The molecule has 0 aliphatic heterocycles. The molecule has 1 heterocycles. The molecule has 4 aromatic rings. The van der Waals surface area contributed by atoms with Gasteiger partial charge in [-0.3, -0.25) is 9.59 Å². The topological polar surface area (TPSA) is 64.0 Å². The molecule has 0 spiro atoms. The lowest BCUT2D eigenvalue weighted by atomic mass is 10.0. The van der Waals surface area contributed by atoms with Crippen LogP contribution < -0.4 is 5.32 Å². The number of ketones is 1. The predicted molar refractivity (Wildman–Crippen MR) is 117 cm³/mol. The van der Waals surface area contributed by atoms with E-state index >= 15 is 0 Å². The van der Waals surface area contributed by atoms with Crippen LogP contribution in [-0.2, 0) is 0 Å². The van der Waals surface area contributed by atoms with Gasteiger partial charge in [-0.15, -0.1) is 0 Å². The normalized spacial score (nSPS) is 10.6. The van der Waals surface area contributed by atoms with E-state index in [1.165, 1.54) is 0 Å². The van der Waals surface area contributed by atoms with Crippen molar-refractivity contribution >= 4 is 17.4 Å². The first-order valence-corrected chi connectivity index (χ1v) is 9.67.